The van der Waals surface area contributed by atoms with Crippen molar-refractivity contribution in [2.24, 2.45) is 5.92 Å². The first-order valence-electron chi connectivity index (χ1n) is 10.1. The van der Waals surface area contributed by atoms with Crippen molar-refractivity contribution in [1.82, 2.24) is 15.2 Å². The van der Waals surface area contributed by atoms with Gasteiger partial charge in [0.15, 0.2) is 0 Å². The molecule has 5 heteroatoms. The van der Waals surface area contributed by atoms with E-state index in [2.05, 4.69) is 15.2 Å². The first kappa shape index (κ1) is 16.7. The summed E-state index contributed by atoms with van der Waals surface area (Å²) in [5.41, 5.74) is 1.19. The zero-order chi connectivity index (χ0) is 18.4. The van der Waals surface area contributed by atoms with Gasteiger partial charge in [-0.15, -0.1) is 0 Å². The predicted octanol–water partition coefficient (Wildman–Crippen LogP) is 3.29. The second-order valence-corrected chi connectivity index (χ2v) is 8.55. The van der Waals surface area contributed by atoms with Crippen LogP contribution < -0.4 is 5.32 Å². The van der Waals surface area contributed by atoms with E-state index < -0.39 is 0 Å². The molecule has 4 fully saturated rings. The maximum absolute atomic E-state index is 13.0. The van der Waals surface area contributed by atoms with Gasteiger partial charge in [0.05, 0.1) is 11.1 Å². The third-order valence-electron chi connectivity index (χ3n) is 6.55. The normalized spacial score (nSPS) is 27.0. The van der Waals surface area contributed by atoms with E-state index in [-0.39, 0.29) is 17.4 Å². The van der Waals surface area contributed by atoms with Crippen LogP contribution in [0.2, 0.25) is 0 Å². The van der Waals surface area contributed by atoms with Crippen LogP contribution in [0.1, 0.15) is 55.3 Å². The van der Waals surface area contributed by atoms with Crippen LogP contribution in [-0.2, 0) is 4.79 Å². The Hall–Kier alpha value is -2.43. The Labute approximate surface area is 159 Å². The number of carbonyl (C=O) groups excluding carboxylic acids is 2. The number of aromatic nitrogens is 1. The number of pyridine rings is 1. The van der Waals surface area contributed by atoms with Crippen molar-refractivity contribution in [3.05, 3.63) is 42.1 Å². The first-order valence-corrected chi connectivity index (χ1v) is 10.1. The number of rotatable bonds is 4. The molecule has 1 aromatic heterocycles. The average Bonchev–Trinajstić information content (AvgIpc) is 3.52. The molecule has 1 N–H and O–H groups in total. The summed E-state index contributed by atoms with van der Waals surface area (Å²) >= 11 is 0. The van der Waals surface area contributed by atoms with E-state index in [0.29, 0.717) is 30.5 Å². The minimum atomic E-state index is -0.274. The van der Waals surface area contributed by atoms with E-state index in [1.807, 2.05) is 30.3 Å². The average molecular weight is 363 g/mol. The molecule has 6 rings (SSSR count). The molecule has 2 aliphatic heterocycles. The Bertz CT molecular complexity index is 897. The molecule has 140 valence electrons. The molecule has 0 atom stereocenters. The van der Waals surface area contributed by atoms with Crippen molar-refractivity contribution in [1.29, 1.82) is 0 Å². The summed E-state index contributed by atoms with van der Waals surface area (Å²) in [6.45, 7) is 0.667. The van der Waals surface area contributed by atoms with Crippen molar-refractivity contribution >= 4 is 22.7 Å². The second-order valence-electron chi connectivity index (χ2n) is 8.55. The molecule has 2 aromatic rings. The van der Waals surface area contributed by atoms with Gasteiger partial charge >= 0.3 is 0 Å². The van der Waals surface area contributed by atoms with Gasteiger partial charge in [-0.1, -0.05) is 12.1 Å². The molecular weight excluding hydrogens is 338 g/mol. The molecule has 0 spiro atoms. The van der Waals surface area contributed by atoms with Gasteiger partial charge in [0.2, 0.25) is 5.91 Å². The van der Waals surface area contributed by atoms with Crippen molar-refractivity contribution < 1.29 is 9.59 Å². The smallest absolute Gasteiger partial charge is 0.251 e. The van der Waals surface area contributed by atoms with Gasteiger partial charge < -0.3 is 10.2 Å². The van der Waals surface area contributed by atoms with Gasteiger partial charge in [-0.25, -0.2) is 0 Å². The topological polar surface area (TPSA) is 62.3 Å². The van der Waals surface area contributed by atoms with Crippen LogP contribution >= 0.6 is 0 Å². The zero-order valence-electron chi connectivity index (χ0n) is 15.5. The molecule has 0 radical (unpaired) electrons. The Morgan fingerprint density at radius 1 is 1.15 bits per heavy atom. The van der Waals surface area contributed by atoms with Gasteiger partial charge in [-0.3, -0.25) is 14.6 Å². The molecule has 5 nitrogen and oxygen atoms in total. The SMILES string of the molecule is O=C(NC12CCC(CC1)N(C(=O)CC1CC1)C2)c1ccc2cccnc2c1. The van der Waals surface area contributed by atoms with E-state index in [1.165, 1.54) is 12.8 Å². The van der Waals surface area contributed by atoms with Crippen LogP contribution in [0.15, 0.2) is 36.5 Å². The molecular formula is C22H25N3O2. The minimum Gasteiger partial charge on any atom is -0.345 e. The van der Waals surface area contributed by atoms with Gasteiger partial charge in [-0.05, 0) is 62.6 Å². The molecule has 2 saturated heterocycles. The predicted molar refractivity (Wildman–Crippen MR) is 103 cm³/mol. The van der Waals surface area contributed by atoms with Crippen molar-refractivity contribution in [3.8, 4) is 0 Å². The van der Waals surface area contributed by atoms with Crippen LogP contribution in [0.5, 0.6) is 0 Å². The van der Waals surface area contributed by atoms with Crippen LogP contribution in [0, 0.1) is 5.92 Å². The highest BCUT2D eigenvalue weighted by atomic mass is 16.2. The number of carbonyl (C=O) groups is 2. The molecule has 4 aliphatic rings. The summed E-state index contributed by atoms with van der Waals surface area (Å²) in [7, 11) is 0. The fourth-order valence-corrected chi connectivity index (χ4v) is 4.74. The summed E-state index contributed by atoms with van der Waals surface area (Å²) in [6, 6.07) is 9.92. The largest absolute Gasteiger partial charge is 0.345 e. The Morgan fingerprint density at radius 3 is 2.74 bits per heavy atom. The molecule has 2 saturated carbocycles. The number of hydrogen-bond acceptors (Lipinski definition) is 3. The summed E-state index contributed by atoms with van der Waals surface area (Å²) in [6.07, 6.45) is 8.74. The quantitative estimate of drug-likeness (QED) is 0.907. The molecule has 27 heavy (non-hydrogen) atoms. The Kier molecular flexibility index (Phi) is 3.92. The molecule has 2 amide bonds. The maximum atomic E-state index is 13.0. The van der Waals surface area contributed by atoms with Gasteiger partial charge in [-0.2, -0.15) is 0 Å². The number of benzene rings is 1. The van der Waals surface area contributed by atoms with E-state index in [9.17, 15) is 9.59 Å². The van der Waals surface area contributed by atoms with Gasteiger partial charge in [0, 0.05) is 36.2 Å². The minimum absolute atomic E-state index is 0.0579. The number of amides is 2. The fourth-order valence-electron chi connectivity index (χ4n) is 4.74. The second kappa shape index (κ2) is 6.32. The van der Waals surface area contributed by atoms with Crippen LogP contribution in [0.25, 0.3) is 10.9 Å². The number of nitrogens with one attached hydrogen (secondary N) is 1. The van der Waals surface area contributed by atoms with Crippen LogP contribution in [0.4, 0.5) is 0 Å². The maximum Gasteiger partial charge on any atom is 0.251 e. The molecule has 2 bridgehead atoms. The summed E-state index contributed by atoms with van der Waals surface area (Å²) in [5.74, 6) is 0.835. The highest BCUT2D eigenvalue weighted by Gasteiger charge is 2.47. The van der Waals surface area contributed by atoms with E-state index in [4.69, 9.17) is 0 Å². The van der Waals surface area contributed by atoms with Crippen LogP contribution in [0.3, 0.4) is 0 Å². The summed E-state index contributed by atoms with van der Waals surface area (Å²) in [4.78, 5) is 32.1. The molecule has 1 aromatic carbocycles. The Morgan fingerprint density at radius 2 is 1.96 bits per heavy atom. The lowest BCUT2D eigenvalue weighted by molar-refractivity contribution is -0.140. The van der Waals surface area contributed by atoms with Crippen molar-refractivity contribution in [3.63, 3.8) is 0 Å². The summed E-state index contributed by atoms with van der Waals surface area (Å²) in [5, 5.41) is 4.32. The zero-order valence-corrected chi connectivity index (χ0v) is 15.5. The molecule has 2 aliphatic carbocycles. The van der Waals surface area contributed by atoms with E-state index in [1.54, 1.807) is 6.20 Å². The fraction of sp³-hybridized carbons (Fsp3) is 0.500. The van der Waals surface area contributed by atoms with Gasteiger partial charge in [0.25, 0.3) is 5.91 Å². The third kappa shape index (κ3) is 3.20. The highest BCUT2D eigenvalue weighted by molar-refractivity contribution is 5.98. The Balaban J connectivity index is 1.33. The molecule has 0 unspecified atom stereocenters. The van der Waals surface area contributed by atoms with Crippen LogP contribution in [-0.4, -0.2) is 39.8 Å². The first-order chi connectivity index (χ1) is 13.1. The molecule has 3 heterocycles. The number of hydrogen-bond donors (Lipinski definition) is 1. The van der Waals surface area contributed by atoms with Crippen molar-refractivity contribution in [2.75, 3.05) is 6.54 Å². The standard InChI is InChI=1S/C22H25N3O2/c26-20(12-15-3-4-15)25-14-22(9-7-18(25)8-10-22)24-21(27)17-6-5-16-2-1-11-23-19(16)13-17/h1-2,5-6,11,13,15,18H,3-4,7-10,12,14H2,(H,24,27). The van der Waals surface area contributed by atoms with Crippen molar-refractivity contribution in [2.45, 2.75) is 56.5 Å². The lowest BCUT2D eigenvalue weighted by Gasteiger charge is -2.53. The monoisotopic (exact) mass is 363 g/mol. The number of fused-ring (bicyclic) bond motifs is 4. The number of nitrogens with zero attached hydrogens (tertiary/aromatic N) is 2. The lowest BCUT2D eigenvalue weighted by atomic mass is 9.73. The number of piperidine rings is 2. The lowest BCUT2D eigenvalue weighted by Crippen LogP contribution is -2.66. The highest BCUT2D eigenvalue weighted by Crippen LogP contribution is 2.40. The van der Waals surface area contributed by atoms with Gasteiger partial charge in [0.1, 0.15) is 0 Å². The van der Waals surface area contributed by atoms with E-state index in [0.717, 1.165) is 36.6 Å². The summed E-state index contributed by atoms with van der Waals surface area (Å²) < 4.78 is 0. The third-order valence-corrected chi connectivity index (χ3v) is 6.55. The van der Waals surface area contributed by atoms with E-state index >= 15 is 0 Å².